The van der Waals surface area contributed by atoms with Gasteiger partial charge in [-0.1, -0.05) is 23.1 Å². The van der Waals surface area contributed by atoms with Crippen molar-refractivity contribution in [3.63, 3.8) is 0 Å². The van der Waals surface area contributed by atoms with Crippen LogP contribution < -0.4 is 11.1 Å². The number of anilines is 1. The minimum atomic E-state index is -0.213. The second-order valence-corrected chi connectivity index (χ2v) is 5.92. The van der Waals surface area contributed by atoms with Crippen LogP contribution in [0.25, 0.3) is 0 Å². The second-order valence-electron chi connectivity index (χ2n) is 2.92. The number of thioether (sulfide) groups is 1. The highest BCUT2D eigenvalue weighted by molar-refractivity contribution is 8.00. The van der Waals surface area contributed by atoms with Crippen molar-refractivity contribution < 1.29 is 4.79 Å². The van der Waals surface area contributed by atoms with Gasteiger partial charge < -0.3 is 11.1 Å². The third-order valence-corrected chi connectivity index (χ3v) is 4.39. The summed E-state index contributed by atoms with van der Waals surface area (Å²) in [4.78, 5) is 15.9. The van der Waals surface area contributed by atoms with Crippen molar-refractivity contribution in [3.05, 3.63) is 16.1 Å². The van der Waals surface area contributed by atoms with Crippen LogP contribution in [-0.4, -0.2) is 27.3 Å². The van der Waals surface area contributed by atoms with Crippen LogP contribution in [0, 0.1) is 0 Å². The molecule has 0 saturated carbocycles. The van der Waals surface area contributed by atoms with Crippen molar-refractivity contribution in [2.75, 3.05) is 12.0 Å². The van der Waals surface area contributed by atoms with Crippen molar-refractivity contribution in [2.24, 2.45) is 0 Å². The van der Waals surface area contributed by atoms with Crippen LogP contribution in [-0.2, 0) is 6.54 Å². The fourth-order valence-corrected chi connectivity index (χ4v) is 2.83. The van der Waals surface area contributed by atoms with E-state index in [4.69, 9.17) is 5.73 Å². The highest BCUT2D eigenvalue weighted by Gasteiger charge is 2.11. The summed E-state index contributed by atoms with van der Waals surface area (Å²) in [6.07, 6.45) is 1.92. The molecule has 0 unspecified atom stereocenters. The molecule has 0 radical (unpaired) electrons. The number of carbonyl (C=O) groups excluding carboxylic acids is 1. The number of rotatable bonds is 4. The van der Waals surface area contributed by atoms with Crippen molar-refractivity contribution >= 4 is 45.5 Å². The molecule has 17 heavy (non-hydrogen) atoms. The monoisotopic (exact) mass is 287 g/mol. The van der Waals surface area contributed by atoms with Gasteiger partial charge in [0, 0.05) is 5.38 Å². The van der Waals surface area contributed by atoms with E-state index in [1.54, 1.807) is 5.38 Å². The standard InChI is InChI=1S/C8H9N5OS3/c1-15-8-11-4(3-16-8)6(14)10-2-5-12-13-7(9)17-5/h3H,2H2,1H3,(H2,9,13)(H,10,14). The summed E-state index contributed by atoms with van der Waals surface area (Å²) in [6, 6.07) is 0. The molecule has 0 aliphatic rings. The molecule has 0 bridgehead atoms. The number of amides is 1. The summed E-state index contributed by atoms with van der Waals surface area (Å²) in [7, 11) is 0. The molecule has 9 heteroatoms. The summed E-state index contributed by atoms with van der Waals surface area (Å²) < 4.78 is 0.871. The summed E-state index contributed by atoms with van der Waals surface area (Å²) in [5.74, 6) is -0.213. The van der Waals surface area contributed by atoms with Gasteiger partial charge in [-0.2, -0.15) is 0 Å². The maximum absolute atomic E-state index is 11.7. The Balaban J connectivity index is 1.93. The fourth-order valence-electron chi connectivity index (χ4n) is 1.04. The van der Waals surface area contributed by atoms with Crippen molar-refractivity contribution in [2.45, 2.75) is 10.9 Å². The van der Waals surface area contributed by atoms with Crippen LogP contribution in [0.15, 0.2) is 9.72 Å². The third-order valence-electron chi connectivity index (χ3n) is 1.77. The first-order valence-electron chi connectivity index (χ1n) is 4.54. The molecule has 2 rings (SSSR count). The predicted octanol–water partition coefficient (Wildman–Crippen LogP) is 1.23. The van der Waals surface area contributed by atoms with Crippen LogP contribution in [0.1, 0.15) is 15.5 Å². The molecule has 0 atom stereocenters. The van der Waals surface area contributed by atoms with Crippen molar-refractivity contribution in [1.29, 1.82) is 0 Å². The van der Waals surface area contributed by atoms with Gasteiger partial charge in [0.2, 0.25) is 5.13 Å². The largest absolute Gasteiger partial charge is 0.374 e. The SMILES string of the molecule is CSc1nc(C(=O)NCc2nnc(N)s2)cs1. The van der Waals surface area contributed by atoms with E-state index in [9.17, 15) is 4.79 Å². The van der Waals surface area contributed by atoms with E-state index in [1.807, 2.05) is 6.26 Å². The second kappa shape index (κ2) is 5.43. The Morgan fingerprint density at radius 2 is 2.41 bits per heavy atom. The molecule has 3 N–H and O–H groups in total. The highest BCUT2D eigenvalue weighted by Crippen LogP contribution is 2.19. The molecule has 6 nitrogen and oxygen atoms in total. The Morgan fingerprint density at radius 1 is 1.59 bits per heavy atom. The van der Waals surface area contributed by atoms with Gasteiger partial charge in [0.15, 0.2) is 0 Å². The normalized spacial score (nSPS) is 10.4. The maximum atomic E-state index is 11.7. The van der Waals surface area contributed by atoms with E-state index in [0.717, 1.165) is 4.34 Å². The zero-order valence-electron chi connectivity index (χ0n) is 8.84. The Morgan fingerprint density at radius 3 is 3.00 bits per heavy atom. The first-order chi connectivity index (χ1) is 8.19. The van der Waals surface area contributed by atoms with Gasteiger partial charge >= 0.3 is 0 Å². The number of hydrogen-bond acceptors (Lipinski definition) is 8. The van der Waals surface area contributed by atoms with Gasteiger partial charge in [-0.25, -0.2) is 4.98 Å². The lowest BCUT2D eigenvalue weighted by molar-refractivity contribution is 0.0946. The molecule has 0 fully saturated rings. The van der Waals surface area contributed by atoms with Crippen LogP contribution in [0.2, 0.25) is 0 Å². The molecule has 90 valence electrons. The Labute approximate surface area is 110 Å². The van der Waals surface area contributed by atoms with E-state index < -0.39 is 0 Å². The number of nitrogens with one attached hydrogen (secondary N) is 1. The molecular formula is C8H9N5OS3. The van der Waals surface area contributed by atoms with Gasteiger partial charge in [-0.3, -0.25) is 4.79 Å². The third kappa shape index (κ3) is 3.14. The summed E-state index contributed by atoms with van der Waals surface area (Å²) in [5, 5.41) is 13.0. The smallest absolute Gasteiger partial charge is 0.271 e. The lowest BCUT2D eigenvalue weighted by atomic mass is 10.4. The Kier molecular flexibility index (Phi) is 3.92. The number of aromatic nitrogens is 3. The quantitative estimate of drug-likeness (QED) is 0.821. The van der Waals surface area contributed by atoms with Crippen LogP contribution in [0.4, 0.5) is 5.13 Å². The van der Waals surface area contributed by atoms with Gasteiger partial charge in [0.25, 0.3) is 5.91 Å². The molecule has 0 aliphatic carbocycles. The number of carbonyl (C=O) groups is 1. The average molecular weight is 287 g/mol. The van der Waals surface area contributed by atoms with Gasteiger partial charge in [0.1, 0.15) is 15.0 Å². The van der Waals surface area contributed by atoms with Gasteiger partial charge in [0.05, 0.1) is 6.54 Å². The summed E-state index contributed by atoms with van der Waals surface area (Å²) in [5.41, 5.74) is 5.86. The molecule has 0 aromatic carbocycles. The zero-order valence-corrected chi connectivity index (χ0v) is 11.3. The minimum absolute atomic E-state index is 0.213. The molecule has 2 aromatic rings. The van der Waals surface area contributed by atoms with Gasteiger partial charge in [-0.05, 0) is 6.26 Å². The molecule has 0 spiro atoms. The van der Waals surface area contributed by atoms with E-state index in [-0.39, 0.29) is 5.91 Å². The molecule has 1 amide bonds. The number of thiazole rings is 1. The first-order valence-corrected chi connectivity index (χ1v) is 7.46. The van der Waals surface area contributed by atoms with Gasteiger partial charge in [-0.15, -0.1) is 21.5 Å². The van der Waals surface area contributed by atoms with E-state index >= 15 is 0 Å². The zero-order chi connectivity index (χ0) is 12.3. The van der Waals surface area contributed by atoms with E-state index in [2.05, 4.69) is 20.5 Å². The Hall–Kier alpha value is -1.19. The van der Waals surface area contributed by atoms with E-state index in [0.29, 0.717) is 22.4 Å². The topological polar surface area (TPSA) is 93.8 Å². The van der Waals surface area contributed by atoms with Crippen LogP contribution >= 0.6 is 34.4 Å². The number of nitrogens with zero attached hydrogens (tertiary/aromatic N) is 3. The van der Waals surface area contributed by atoms with Crippen molar-refractivity contribution in [3.8, 4) is 0 Å². The number of nitrogens with two attached hydrogens (primary N) is 1. The highest BCUT2D eigenvalue weighted by atomic mass is 32.2. The number of nitrogen functional groups attached to an aromatic ring is 1. The molecule has 2 heterocycles. The van der Waals surface area contributed by atoms with Crippen molar-refractivity contribution in [1.82, 2.24) is 20.5 Å². The molecule has 0 aliphatic heterocycles. The average Bonchev–Trinajstić information content (AvgIpc) is 2.94. The lowest BCUT2D eigenvalue weighted by Gasteiger charge is -1.98. The summed E-state index contributed by atoms with van der Waals surface area (Å²) >= 11 is 4.22. The summed E-state index contributed by atoms with van der Waals surface area (Å²) in [6.45, 7) is 0.319. The van der Waals surface area contributed by atoms with Crippen LogP contribution in [0.3, 0.4) is 0 Å². The first kappa shape index (κ1) is 12.3. The minimum Gasteiger partial charge on any atom is -0.374 e. The Bertz CT molecular complexity index is 523. The fraction of sp³-hybridized carbons (Fsp3) is 0.250. The van der Waals surface area contributed by atoms with E-state index in [1.165, 1.54) is 34.4 Å². The maximum Gasteiger partial charge on any atom is 0.271 e. The molecular weight excluding hydrogens is 278 g/mol. The lowest BCUT2D eigenvalue weighted by Crippen LogP contribution is -2.23. The van der Waals surface area contributed by atoms with Crippen LogP contribution in [0.5, 0.6) is 0 Å². The number of hydrogen-bond donors (Lipinski definition) is 2. The predicted molar refractivity (Wildman–Crippen MR) is 69.4 cm³/mol. The molecule has 2 aromatic heterocycles. The molecule has 0 saturated heterocycles.